The Labute approximate surface area is 125 Å². The average Bonchev–Trinajstić information content (AvgIpc) is 2.62. The van der Waals surface area contributed by atoms with Gasteiger partial charge in [-0.25, -0.2) is 9.59 Å². The van der Waals surface area contributed by atoms with Gasteiger partial charge in [-0.1, -0.05) is 41.5 Å². The highest BCUT2D eigenvalue weighted by molar-refractivity contribution is 5.84. The maximum atomic E-state index is 11.7. The normalized spacial score (nSPS) is 30.3. The summed E-state index contributed by atoms with van der Waals surface area (Å²) < 4.78 is 0. The summed E-state index contributed by atoms with van der Waals surface area (Å²) in [7, 11) is 0. The number of nitrogens with zero attached hydrogens (tertiary/aromatic N) is 1. The quantitative estimate of drug-likeness (QED) is 0.763. The molecule has 1 saturated heterocycles. The summed E-state index contributed by atoms with van der Waals surface area (Å²) in [5.41, 5.74) is -0.826. The Hall–Kier alpha value is -1.59. The number of carboxylic acid groups (broad SMARTS) is 2. The Kier molecular flexibility index (Phi) is 4.42. The third kappa shape index (κ3) is 3.04. The number of rotatable bonds is 2. The molecule has 0 aromatic heterocycles. The minimum absolute atomic E-state index is 0.354. The Morgan fingerprint density at radius 2 is 1.38 bits per heavy atom. The summed E-state index contributed by atoms with van der Waals surface area (Å²) in [5, 5.41) is 18.9. The maximum Gasteiger partial charge on any atom is 0.408 e. The lowest BCUT2D eigenvalue weighted by Crippen LogP contribution is -2.48. The SMILES string of the molecule is CC(C)(C)C1C(C=O)N(C(=O)O)C(C(=O)O)C1C(C)(C)C. The number of carbonyl (C=O) groups excluding carboxylic acids is 1. The van der Waals surface area contributed by atoms with Gasteiger partial charge in [0.25, 0.3) is 0 Å². The summed E-state index contributed by atoms with van der Waals surface area (Å²) in [5.74, 6) is -2.00. The van der Waals surface area contributed by atoms with E-state index in [2.05, 4.69) is 0 Å². The summed E-state index contributed by atoms with van der Waals surface area (Å²) in [6.07, 6.45) is -0.786. The lowest BCUT2D eigenvalue weighted by atomic mass is 9.62. The standard InChI is InChI=1S/C15H25NO5/c1-14(2,3)9-8(7-17)16(13(20)21)11(12(18)19)10(9)15(4,5)6/h7-11H,1-6H3,(H,18,19)(H,20,21). The second-order valence-corrected chi connectivity index (χ2v) is 7.88. The van der Waals surface area contributed by atoms with Gasteiger partial charge in [0.15, 0.2) is 0 Å². The summed E-state index contributed by atoms with van der Waals surface area (Å²) in [4.78, 5) is 35.6. The molecule has 6 nitrogen and oxygen atoms in total. The molecule has 2 N–H and O–H groups in total. The lowest BCUT2D eigenvalue weighted by molar-refractivity contribution is -0.144. The number of carbonyl (C=O) groups is 3. The Morgan fingerprint density at radius 3 is 1.62 bits per heavy atom. The van der Waals surface area contributed by atoms with Crippen LogP contribution in [0.1, 0.15) is 41.5 Å². The van der Waals surface area contributed by atoms with Gasteiger partial charge in [0.05, 0.1) is 6.04 Å². The topological polar surface area (TPSA) is 94.9 Å². The molecule has 21 heavy (non-hydrogen) atoms. The zero-order valence-electron chi connectivity index (χ0n) is 13.5. The number of likely N-dealkylation sites (tertiary alicyclic amines) is 1. The van der Waals surface area contributed by atoms with E-state index in [4.69, 9.17) is 0 Å². The van der Waals surface area contributed by atoms with Crippen molar-refractivity contribution in [3.63, 3.8) is 0 Å². The van der Waals surface area contributed by atoms with Crippen LogP contribution >= 0.6 is 0 Å². The van der Waals surface area contributed by atoms with Crippen LogP contribution in [-0.4, -0.2) is 45.5 Å². The zero-order valence-corrected chi connectivity index (χ0v) is 13.5. The van der Waals surface area contributed by atoms with Crippen molar-refractivity contribution in [3.05, 3.63) is 0 Å². The van der Waals surface area contributed by atoms with Crippen LogP contribution in [0.5, 0.6) is 0 Å². The van der Waals surface area contributed by atoms with Crippen molar-refractivity contribution < 1.29 is 24.6 Å². The molecule has 1 fully saturated rings. The first-order valence-corrected chi connectivity index (χ1v) is 7.03. The Balaban J connectivity index is 3.55. The van der Waals surface area contributed by atoms with E-state index in [0.29, 0.717) is 6.29 Å². The van der Waals surface area contributed by atoms with Gasteiger partial charge in [0.2, 0.25) is 0 Å². The molecule has 120 valence electrons. The molecule has 1 amide bonds. The molecule has 1 aliphatic heterocycles. The van der Waals surface area contributed by atoms with Crippen LogP contribution in [-0.2, 0) is 9.59 Å². The zero-order chi connectivity index (χ0) is 16.7. The van der Waals surface area contributed by atoms with E-state index in [-0.39, 0.29) is 11.3 Å². The molecule has 0 radical (unpaired) electrons. The van der Waals surface area contributed by atoms with Gasteiger partial charge in [-0.3, -0.25) is 4.90 Å². The molecule has 6 heteroatoms. The van der Waals surface area contributed by atoms with E-state index in [9.17, 15) is 24.6 Å². The van der Waals surface area contributed by atoms with Gasteiger partial charge < -0.3 is 15.0 Å². The second kappa shape index (κ2) is 5.31. The van der Waals surface area contributed by atoms with Crippen LogP contribution in [0.4, 0.5) is 4.79 Å². The van der Waals surface area contributed by atoms with Crippen molar-refractivity contribution in [2.75, 3.05) is 0 Å². The minimum atomic E-state index is -1.36. The van der Waals surface area contributed by atoms with E-state index in [1.807, 2.05) is 41.5 Å². The molecule has 1 heterocycles. The van der Waals surface area contributed by atoms with Gasteiger partial charge in [0, 0.05) is 5.92 Å². The van der Waals surface area contributed by atoms with Crippen molar-refractivity contribution in [3.8, 4) is 0 Å². The molecule has 4 atom stereocenters. The Bertz CT molecular complexity index is 446. The average molecular weight is 299 g/mol. The first-order chi connectivity index (χ1) is 9.34. The molecule has 0 bridgehead atoms. The van der Waals surface area contributed by atoms with E-state index in [1.54, 1.807) is 0 Å². The molecule has 1 rings (SSSR count). The maximum absolute atomic E-state index is 11.7. The second-order valence-electron chi connectivity index (χ2n) is 7.88. The van der Waals surface area contributed by atoms with Crippen LogP contribution in [0.3, 0.4) is 0 Å². The van der Waals surface area contributed by atoms with Crippen molar-refractivity contribution in [2.24, 2.45) is 22.7 Å². The monoisotopic (exact) mass is 299 g/mol. The first-order valence-electron chi connectivity index (χ1n) is 7.03. The van der Waals surface area contributed by atoms with Gasteiger partial charge in [-0.05, 0) is 16.7 Å². The summed E-state index contributed by atoms with van der Waals surface area (Å²) in [6, 6.07) is -2.14. The van der Waals surface area contributed by atoms with Gasteiger partial charge in [-0.15, -0.1) is 0 Å². The van der Waals surface area contributed by atoms with Crippen LogP contribution in [0.15, 0.2) is 0 Å². The summed E-state index contributed by atoms with van der Waals surface area (Å²) >= 11 is 0. The van der Waals surface area contributed by atoms with E-state index in [1.165, 1.54) is 0 Å². The minimum Gasteiger partial charge on any atom is -0.480 e. The predicted octanol–water partition coefficient (Wildman–Crippen LogP) is 2.33. The summed E-state index contributed by atoms with van der Waals surface area (Å²) in [6.45, 7) is 11.4. The number of amides is 1. The fraction of sp³-hybridized carbons (Fsp3) is 0.800. The van der Waals surface area contributed by atoms with E-state index >= 15 is 0 Å². The van der Waals surface area contributed by atoms with Crippen molar-refractivity contribution in [1.29, 1.82) is 0 Å². The number of aliphatic carboxylic acids is 1. The van der Waals surface area contributed by atoms with Crippen molar-refractivity contribution in [1.82, 2.24) is 4.90 Å². The van der Waals surface area contributed by atoms with Crippen molar-refractivity contribution in [2.45, 2.75) is 53.6 Å². The van der Waals surface area contributed by atoms with Crippen LogP contribution in [0.25, 0.3) is 0 Å². The predicted molar refractivity (Wildman–Crippen MR) is 77.0 cm³/mol. The molecule has 0 spiro atoms. The van der Waals surface area contributed by atoms with Crippen LogP contribution in [0, 0.1) is 22.7 Å². The molecular formula is C15H25NO5. The van der Waals surface area contributed by atoms with Crippen LogP contribution in [0.2, 0.25) is 0 Å². The molecule has 0 aromatic carbocycles. The fourth-order valence-corrected chi connectivity index (χ4v) is 3.67. The highest BCUT2D eigenvalue weighted by Gasteiger charge is 2.60. The van der Waals surface area contributed by atoms with Crippen LogP contribution < -0.4 is 0 Å². The molecule has 0 saturated carbocycles. The van der Waals surface area contributed by atoms with Gasteiger partial charge >= 0.3 is 12.1 Å². The Morgan fingerprint density at radius 1 is 0.952 bits per heavy atom. The largest absolute Gasteiger partial charge is 0.480 e. The third-order valence-electron chi connectivity index (χ3n) is 4.33. The number of carboxylic acids is 1. The molecule has 4 unspecified atom stereocenters. The number of hydrogen-bond acceptors (Lipinski definition) is 3. The number of aldehydes is 1. The van der Waals surface area contributed by atoms with E-state index in [0.717, 1.165) is 4.90 Å². The number of hydrogen-bond donors (Lipinski definition) is 2. The highest BCUT2D eigenvalue weighted by atomic mass is 16.4. The smallest absolute Gasteiger partial charge is 0.408 e. The van der Waals surface area contributed by atoms with Gasteiger partial charge in [-0.2, -0.15) is 0 Å². The third-order valence-corrected chi connectivity index (χ3v) is 4.33. The molecular weight excluding hydrogens is 274 g/mol. The fourth-order valence-electron chi connectivity index (χ4n) is 3.67. The first kappa shape index (κ1) is 17.5. The molecule has 0 aromatic rings. The van der Waals surface area contributed by atoms with Gasteiger partial charge in [0.1, 0.15) is 12.3 Å². The highest BCUT2D eigenvalue weighted by Crippen LogP contribution is 2.51. The van der Waals surface area contributed by atoms with E-state index < -0.39 is 35.5 Å². The molecule has 0 aliphatic carbocycles. The lowest BCUT2D eigenvalue weighted by Gasteiger charge is -2.40. The molecule has 1 aliphatic rings. The van der Waals surface area contributed by atoms with Crippen molar-refractivity contribution >= 4 is 18.3 Å².